The number of nitrogens with two attached hydrogens (primary N) is 3. The lowest BCUT2D eigenvalue weighted by molar-refractivity contribution is 0.102. The van der Waals surface area contributed by atoms with Crippen LogP contribution in [0.4, 0.5) is 22.7 Å². The maximum atomic E-state index is 12.2. The number of terminal acetylenes is 1. The van der Waals surface area contributed by atoms with Crippen LogP contribution in [0.15, 0.2) is 36.4 Å². The van der Waals surface area contributed by atoms with Crippen molar-refractivity contribution in [3.8, 4) is 12.3 Å². The van der Waals surface area contributed by atoms with Crippen LogP contribution >= 0.6 is 0 Å². The largest absolute Gasteiger partial charge is 0.399 e. The van der Waals surface area contributed by atoms with Crippen molar-refractivity contribution < 1.29 is 4.79 Å². The lowest BCUT2D eigenvalue weighted by atomic mass is 10.1. The molecule has 0 saturated carbocycles. The van der Waals surface area contributed by atoms with Crippen molar-refractivity contribution in [2.24, 2.45) is 0 Å². The normalized spacial score (nSPS) is 9.75. The number of carbonyl (C=O) groups excluding carboxylic acids is 1. The Balaban J connectivity index is 2.31. The fourth-order valence-corrected chi connectivity index (χ4v) is 1.77. The molecule has 0 atom stereocenters. The van der Waals surface area contributed by atoms with E-state index in [1.54, 1.807) is 24.3 Å². The van der Waals surface area contributed by atoms with Gasteiger partial charge in [0.15, 0.2) is 0 Å². The number of nitrogens with one attached hydrogen (secondary N) is 1. The van der Waals surface area contributed by atoms with Gasteiger partial charge in [0.05, 0.1) is 16.9 Å². The topological polar surface area (TPSA) is 107 Å². The van der Waals surface area contributed by atoms with Gasteiger partial charge in [-0.05, 0) is 30.3 Å². The second-order valence-corrected chi connectivity index (χ2v) is 4.25. The molecule has 0 aliphatic heterocycles. The molecule has 2 aromatic rings. The van der Waals surface area contributed by atoms with Gasteiger partial charge >= 0.3 is 0 Å². The van der Waals surface area contributed by atoms with Gasteiger partial charge in [0.25, 0.3) is 5.91 Å². The molecule has 0 aliphatic rings. The number of hydrogen-bond donors (Lipinski definition) is 4. The number of anilines is 4. The van der Waals surface area contributed by atoms with Crippen LogP contribution in [0.25, 0.3) is 0 Å². The van der Waals surface area contributed by atoms with E-state index >= 15 is 0 Å². The van der Waals surface area contributed by atoms with E-state index in [-0.39, 0.29) is 16.9 Å². The van der Waals surface area contributed by atoms with Crippen LogP contribution < -0.4 is 22.5 Å². The predicted octanol–water partition coefficient (Wildman–Crippen LogP) is 1.67. The molecule has 0 spiro atoms. The molecule has 0 aliphatic carbocycles. The molecule has 2 rings (SSSR count). The first-order valence-corrected chi connectivity index (χ1v) is 5.83. The Bertz CT molecular complexity index is 716. The zero-order chi connectivity index (χ0) is 14.7. The van der Waals surface area contributed by atoms with Crippen LogP contribution in [0.5, 0.6) is 0 Å². The molecular formula is C15H14N4O. The van der Waals surface area contributed by atoms with Crippen LogP contribution in [0, 0.1) is 12.3 Å². The quantitative estimate of drug-likeness (QED) is 0.490. The highest BCUT2D eigenvalue weighted by molar-refractivity contribution is 6.10. The molecule has 1 amide bonds. The molecule has 7 N–H and O–H groups in total. The lowest BCUT2D eigenvalue weighted by Gasteiger charge is -2.10. The van der Waals surface area contributed by atoms with E-state index in [0.29, 0.717) is 16.9 Å². The zero-order valence-corrected chi connectivity index (χ0v) is 10.7. The number of hydrogen-bond acceptors (Lipinski definition) is 4. The van der Waals surface area contributed by atoms with Gasteiger partial charge in [0.2, 0.25) is 0 Å². The summed E-state index contributed by atoms with van der Waals surface area (Å²) in [6, 6.07) is 9.91. The maximum Gasteiger partial charge on any atom is 0.257 e. The zero-order valence-electron chi connectivity index (χ0n) is 10.7. The van der Waals surface area contributed by atoms with Crippen molar-refractivity contribution >= 4 is 28.7 Å². The van der Waals surface area contributed by atoms with Crippen LogP contribution in [0.2, 0.25) is 0 Å². The highest BCUT2D eigenvalue weighted by Crippen LogP contribution is 2.24. The van der Waals surface area contributed by atoms with E-state index < -0.39 is 5.91 Å². The van der Waals surface area contributed by atoms with E-state index in [1.807, 2.05) is 0 Å². The Morgan fingerprint density at radius 1 is 1.15 bits per heavy atom. The molecular weight excluding hydrogens is 252 g/mol. The summed E-state index contributed by atoms with van der Waals surface area (Å²) in [6.07, 6.45) is 5.31. The Morgan fingerprint density at radius 2 is 1.90 bits per heavy atom. The Morgan fingerprint density at radius 3 is 2.60 bits per heavy atom. The standard InChI is InChI=1S/C15H14N4O/c1-2-9-4-3-5-11(6-9)19-15(20)12-7-10(16)8-13(17)14(12)18/h1,3-8H,16-18H2,(H,19,20). The van der Waals surface area contributed by atoms with Crippen molar-refractivity contribution in [2.75, 3.05) is 22.5 Å². The summed E-state index contributed by atoms with van der Waals surface area (Å²) in [6.45, 7) is 0. The van der Waals surface area contributed by atoms with Gasteiger partial charge in [0, 0.05) is 16.9 Å². The Kier molecular flexibility index (Phi) is 3.49. The molecule has 0 bridgehead atoms. The third-order valence-electron chi connectivity index (χ3n) is 2.77. The monoisotopic (exact) mass is 266 g/mol. The minimum Gasteiger partial charge on any atom is -0.399 e. The molecule has 0 unspecified atom stereocenters. The van der Waals surface area contributed by atoms with Crippen molar-refractivity contribution in [3.63, 3.8) is 0 Å². The highest BCUT2D eigenvalue weighted by atomic mass is 16.1. The summed E-state index contributed by atoms with van der Waals surface area (Å²) in [5, 5.41) is 2.70. The Labute approximate surface area is 116 Å². The van der Waals surface area contributed by atoms with Crippen molar-refractivity contribution in [2.45, 2.75) is 0 Å². The van der Waals surface area contributed by atoms with Crippen molar-refractivity contribution in [3.05, 3.63) is 47.5 Å². The van der Waals surface area contributed by atoms with Gasteiger partial charge in [0.1, 0.15) is 0 Å². The lowest BCUT2D eigenvalue weighted by Crippen LogP contribution is -2.15. The van der Waals surface area contributed by atoms with Crippen LogP contribution in [0.1, 0.15) is 15.9 Å². The number of carbonyl (C=O) groups is 1. The average molecular weight is 266 g/mol. The van der Waals surface area contributed by atoms with Crippen LogP contribution in [-0.4, -0.2) is 5.91 Å². The van der Waals surface area contributed by atoms with Crippen LogP contribution in [-0.2, 0) is 0 Å². The second kappa shape index (κ2) is 5.24. The van der Waals surface area contributed by atoms with Crippen LogP contribution in [0.3, 0.4) is 0 Å². The first-order valence-electron chi connectivity index (χ1n) is 5.83. The van der Waals surface area contributed by atoms with Crippen molar-refractivity contribution in [1.82, 2.24) is 0 Å². The third kappa shape index (κ3) is 2.65. The van der Waals surface area contributed by atoms with Gasteiger partial charge in [-0.3, -0.25) is 4.79 Å². The summed E-state index contributed by atoms with van der Waals surface area (Å²) < 4.78 is 0. The summed E-state index contributed by atoms with van der Waals surface area (Å²) >= 11 is 0. The number of amides is 1. The van der Waals surface area contributed by atoms with E-state index in [2.05, 4.69) is 11.2 Å². The third-order valence-corrected chi connectivity index (χ3v) is 2.77. The number of rotatable bonds is 2. The fourth-order valence-electron chi connectivity index (χ4n) is 1.77. The molecule has 5 nitrogen and oxygen atoms in total. The fraction of sp³-hybridized carbons (Fsp3) is 0. The van der Waals surface area contributed by atoms with E-state index in [0.717, 1.165) is 0 Å². The SMILES string of the molecule is C#Cc1cccc(NC(=O)c2cc(N)cc(N)c2N)c1. The second-order valence-electron chi connectivity index (χ2n) is 4.25. The van der Waals surface area contributed by atoms with Gasteiger partial charge in [-0.25, -0.2) is 0 Å². The van der Waals surface area contributed by atoms with E-state index in [1.165, 1.54) is 12.1 Å². The van der Waals surface area contributed by atoms with E-state index in [4.69, 9.17) is 23.6 Å². The summed E-state index contributed by atoms with van der Waals surface area (Å²) in [7, 11) is 0. The highest BCUT2D eigenvalue weighted by Gasteiger charge is 2.13. The number of benzene rings is 2. The number of nitrogen functional groups attached to an aromatic ring is 3. The first-order chi connectivity index (χ1) is 9.51. The molecule has 0 aromatic heterocycles. The molecule has 0 saturated heterocycles. The smallest absolute Gasteiger partial charge is 0.257 e. The Hall–Kier alpha value is -3.13. The molecule has 2 aromatic carbocycles. The first kappa shape index (κ1) is 13.3. The predicted molar refractivity (Wildman–Crippen MR) is 82.0 cm³/mol. The minimum atomic E-state index is -0.393. The molecule has 0 heterocycles. The van der Waals surface area contributed by atoms with Gasteiger partial charge < -0.3 is 22.5 Å². The van der Waals surface area contributed by atoms with Gasteiger partial charge in [-0.2, -0.15) is 0 Å². The molecule has 0 radical (unpaired) electrons. The maximum absolute atomic E-state index is 12.2. The molecule has 20 heavy (non-hydrogen) atoms. The summed E-state index contributed by atoms with van der Waals surface area (Å²) in [4.78, 5) is 12.2. The van der Waals surface area contributed by atoms with Gasteiger partial charge in [-0.15, -0.1) is 6.42 Å². The molecule has 5 heteroatoms. The van der Waals surface area contributed by atoms with Crippen molar-refractivity contribution in [1.29, 1.82) is 0 Å². The molecule has 0 fully saturated rings. The minimum absolute atomic E-state index is 0.199. The van der Waals surface area contributed by atoms with Gasteiger partial charge in [-0.1, -0.05) is 12.0 Å². The molecule has 100 valence electrons. The summed E-state index contributed by atoms with van der Waals surface area (Å²) in [5.41, 5.74) is 19.5. The van der Waals surface area contributed by atoms with E-state index in [9.17, 15) is 4.79 Å². The average Bonchev–Trinajstić information content (AvgIpc) is 2.43. The summed E-state index contributed by atoms with van der Waals surface area (Å²) in [5.74, 6) is 2.10.